The second kappa shape index (κ2) is 9.15. The maximum atomic E-state index is 13.7. The number of carbonyl (C=O) groups is 1. The highest BCUT2D eigenvalue weighted by Gasteiger charge is 2.15. The molecule has 0 saturated carbocycles. The number of benzene rings is 2. The van der Waals surface area contributed by atoms with Crippen molar-refractivity contribution in [3.8, 4) is 22.8 Å². The monoisotopic (exact) mass is 447 g/mol. The molecule has 2 aromatic carbocycles. The van der Waals surface area contributed by atoms with Crippen LogP contribution in [0.5, 0.6) is 11.5 Å². The molecule has 0 saturated heterocycles. The van der Waals surface area contributed by atoms with E-state index in [4.69, 9.17) is 9.47 Å². The molecule has 6 nitrogen and oxygen atoms in total. The van der Waals surface area contributed by atoms with Crippen molar-refractivity contribution in [1.29, 1.82) is 0 Å². The quantitative estimate of drug-likeness (QED) is 0.460. The molecule has 2 aromatic heterocycles. The first-order chi connectivity index (χ1) is 14.1. The van der Waals surface area contributed by atoms with Gasteiger partial charge in [-0.05, 0) is 30.3 Å². The van der Waals surface area contributed by atoms with E-state index >= 15 is 0 Å². The number of fused-ring (bicyclic) bond motifs is 1. The number of imidazole rings is 1. The van der Waals surface area contributed by atoms with E-state index in [1.165, 1.54) is 23.5 Å². The third kappa shape index (κ3) is 4.24. The Bertz CT molecular complexity index is 1190. The topological polar surface area (TPSA) is 64.9 Å². The van der Waals surface area contributed by atoms with Gasteiger partial charge in [0, 0.05) is 22.8 Å². The van der Waals surface area contributed by atoms with Crippen LogP contribution in [0.2, 0.25) is 0 Å². The van der Waals surface area contributed by atoms with E-state index in [0.29, 0.717) is 11.5 Å². The lowest BCUT2D eigenvalue weighted by Gasteiger charge is -2.08. The Morgan fingerprint density at radius 3 is 2.67 bits per heavy atom. The number of ether oxygens (including phenoxy) is 2. The van der Waals surface area contributed by atoms with Crippen LogP contribution in [0, 0.1) is 5.82 Å². The van der Waals surface area contributed by atoms with Gasteiger partial charge in [-0.15, -0.1) is 23.7 Å². The molecule has 4 rings (SSSR count). The molecule has 0 bridgehead atoms. The fourth-order valence-corrected chi connectivity index (χ4v) is 3.89. The summed E-state index contributed by atoms with van der Waals surface area (Å²) in [5, 5.41) is 4.48. The van der Waals surface area contributed by atoms with Crippen molar-refractivity contribution in [1.82, 2.24) is 9.38 Å². The van der Waals surface area contributed by atoms with Gasteiger partial charge in [-0.2, -0.15) is 0 Å². The van der Waals surface area contributed by atoms with Crippen LogP contribution in [0.15, 0.2) is 54.0 Å². The molecule has 0 aliphatic rings. The summed E-state index contributed by atoms with van der Waals surface area (Å²) in [4.78, 5) is 17.8. The number of aromatic nitrogens is 2. The Hall–Kier alpha value is -3.10. The van der Waals surface area contributed by atoms with Gasteiger partial charge in [0.1, 0.15) is 5.82 Å². The molecule has 0 aliphatic carbocycles. The van der Waals surface area contributed by atoms with Crippen LogP contribution < -0.4 is 14.8 Å². The molecule has 0 radical (unpaired) electrons. The summed E-state index contributed by atoms with van der Waals surface area (Å²) in [6.07, 6.45) is 1.98. The number of para-hydroxylation sites is 1. The molecule has 156 valence electrons. The van der Waals surface area contributed by atoms with Gasteiger partial charge in [0.25, 0.3) is 0 Å². The first-order valence-corrected chi connectivity index (χ1v) is 9.69. The molecule has 9 heteroatoms. The van der Waals surface area contributed by atoms with Crippen LogP contribution in [0.3, 0.4) is 0 Å². The summed E-state index contributed by atoms with van der Waals surface area (Å²) >= 11 is 1.44. The van der Waals surface area contributed by atoms with Gasteiger partial charge >= 0.3 is 0 Å². The molecule has 4 aromatic rings. The molecule has 2 heterocycles. The normalized spacial score (nSPS) is 10.5. The van der Waals surface area contributed by atoms with Crippen LogP contribution in [-0.4, -0.2) is 29.5 Å². The van der Waals surface area contributed by atoms with Crippen molar-refractivity contribution in [2.24, 2.45) is 0 Å². The van der Waals surface area contributed by atoms with E-state index in [2.05, 4.69) is 10.3 Å². The minimum Gasteiger partial charge on any atom is -0.493 e. The summed E-state index contributed by atoms with van der Waals surface area (Å²) in [7, 11) is 3.17. The van der Waals surface area contributed by atoms with Crippen LogP contribution in [-0.2, 0) is 11.2 Å². The Balaban J connectivity index is 0.00000256. The van der Waals surface area contributed by atoms with Crippen LogP contribution >= 0.6 is 23.7 Å². The van der Waals surface area contributed by atoms with Crippen LogP contribution in [0.1, 0.15) is 5.69 Å². The molecule has 1 amide bonds. The van der Waals surface area contributed by atoms with Gasteiger partial charge < -0.3 is 14.8 Å². The van der Waals surface area contributed by atoms with Crippen LogP contribution in [0.25, 0.3) is 16.2 Å². The van der Waals surface area contributed by atoms with Gasteiger partial charge in [-0.1, -0.05) is 12.1 Å². The van der Waals surface area contributed by atoms with E-state index in [1.54, 1.807) is 26.4 Å². The second-order valence-electron chi connectivity index (χ2n) is 6.28. The summed E-state index contributed by atoms with van der Waals surface area (Å²) in [5.41, 5.74) is 2.58. The summed E-state index contributed by atoms with van der Waals surface area (Å²) in [6, 6.07) is 11.7. The predicted molar refractivity (Wildman–Crippen MR) is 118 cm³/mol. The number of anilines is 1. The average molecular weight is 448 g/mol. The number of halogens is 2. The van der Waals surface area contributed by atoms with E-state index < -0.39 is 5.82 Å². The summed E-state index contributed by atoms with van der Waals surface area (Å²) in [6.45, 7) is 0. The molecule has 1 N–H and O–H groups in total. The number of nitrogens with zero attached hydrogens (tertiary/aromatic N) is 2. The van der Waals surface area contributed by atoms with E-state index in [1.807, 2.05) is 34.2 Å². The van der Waals surface area contributed by atoms with E-state index in [9.17, 15) is 9.18 Å². The van der Waals surface area contributed by atoms with Gasteiger partial charge in [-0.25, -0.2) is 9.37 Å². The van der Waals surface area contributed by atoms with Crippen molar-refractivity contribution < 1.29 is 18.7 Å². The largest absolute Gasteiger partial charge is 0.493 e. The Kier molecular flexibility index (Phi) is 6.59. The standard InChI is InChI=1S/C21H18FN3O3S.ClH/c1-27-18-8-7-13(9-19(18)28-2)17-11-25-14(12-29-21(25)24-17)10-20(26)23-16-6-4-3-5-15(16)22;/h3-9,11-12H,10H2,1-2H3,(H,23,26);1H. The zero-order valence-electron chi connectivity index (χ0n) is 16.2. The summed E-state index contributed by atoms with van der Waals surface area (Å²) < 4.78 is 26.2. The fraction of sp³-hybridized carbons (Fsp3) is 0.143. The van der Waals surface area contributed by atoms with Gasteiger partial charge in [0.05, 0.1) is 32.0 Å². The van der Waals surface area contributed by atoms with Gasteiger partial charge in [0.15, 0.2) is 16.5 Å². The zero-order chi connectivity index (χ0) is 20.4. The molecular formula is C21H19ClFN3O3S. The SMILES string of the molecule is COc1ccc(-c2cn3c(CC(=O)Nc4ccccc4F)csc3n2)cc1OC.Cl. The smallest absolute Gasteiger partial charge is 0.230 e. The number of thiazole rings is 1. The first-order valence-electron chi connectivity index (χ1n) is 8.81. The number of nitrogens with one attached hydrogen (secondary N) is 1. The van der Waals surface area contributed by atoms with E-state index in [0.717, 1.165) is 21.9 Å². The molecular weight excluding hydrogens is 429 g/mol. The molecule has 30 heavy (non-hydrogen) atoms. The molecule has 0 spiro atoms. The highest BCUT2D eigenvalue weighted by molar-refractivity contribution is 7.15. The Morgan fingerprint density at radius 2 is 1.93 bits per heavy atom. The number of hydrogen-bond acceptors (Lipinski definition) is 5. The number of methoxy groups -OCH3 is 2. The zero-order valence-corrected chi connectivity index (χ0v) is 17.8. The third-order valence-corrected chi connectivity index (χ3v) is 5.34. The minimum absolute atomic E-state index is 0. The maximum absolute atomic E-state index is 13.7. The van der Waals surface area contributed by atoms with Gasteiger partial charge in [0.2, 0.25) is 5.91 Å². The minimum atomic E-state index is -0.463. The lowest BCUT2D eigenvalue weighted by atomic mass is 10.1. The fourth-order valence-electron chi connectivity index (χ4n) is 3.01. The van der Waals surface area contributed by atoms with Crippen molar-refractivity contribution in [2.45, 2.75) is 6.42 Å². The van der Waals surface area contributed by atoms with Crippen molar-refractivity contribution in [3.63, 3.8) is 0 Å². The number of carbonyl (C=O) groups excluding carboxylic acids is 1. The van der Waals surface area contributed by atoms with Crippen molar-refractivity contribution in [2.75, 3.05) is 19.5 Å². The Morgan fingerprint density at radius 1 is 1.17 bits per heavy atom. The van der Waals surface area contributed by atoms with Gasteiger partial charge in [-0.3, -0.25) is 9.20 Å². The van der Waals surface area contributed by atoms with Crippen molar-refractivity contribution >= 4 is 40.3 Å². The highest BCUT2D eigenvalue weighted by atomic mass is 35.5. The van der Waals surface area contributed by atoms with E-state index in [-0.39, 0.29) is 30.4 Å². The lowest BCUT2D eigenvalue weighted by molar-refractivity contribution is -0.115. The number of rotatable bonds is 6. The second-order valence-corrected chi connectivity index (χ2v) is 7.12. The average Bonchev–Trinajstić information content (AvgIpc) is 3.31. The maximum Gasteiger partial charge on any atom is 0.230 e. The summed E-state index contributed by atoms with van der Waals surface area (Å²) in [5.74, 6) is 0.500. The predicted octanol–water partition coefficient (Wildman–Crippen LogP) is 4.82. The highest BCUT2D eigenvalue weighted by Crippen LogP contribution is 2.32. The lowest BCUT2D eigenvalue weighted by Crippen LogP contribution is -2.16. The van der Waals surface area contributed by atoms with Crippen molar-refractivity contribution in [3.05, 3.63) is 65.6 Å². The number of hydrogen-bond donors (Lipinski definition) is 1. The molecule has 0 unspecified atom stereocenters. The molecule has 0 aliphatic heterocycles. The first kappa shape index (κ1) is 21.6. The molecule has 0 fully saturated rings. The molecule has 0 atom stereocenters. The van der Waals surface area contributed by atoms with Crippen LogP contribution in [0.4, 0.5) is 10.1 Å². The third-order valence-electron chi connectivity index (χ3n) is 4.45. The Labute approximate surface area is 182 Å². The number of amides is 1.